The number of piperidine rings is 1. The average molecular weight is 268 g/mol. The maximum atomic E-state index is 11.9. The Kier molecular flexibility index (Phi) is 4.71. The predicted octanol–water partition coefficient (Wildman–Crippen LogP) is 2.78. The van der Waals surface area contributed by atoms with Crippen LogP contribution in [0.2, 0.25) is 0 Å². The van der Waals surface area contributed by atoms with Crippen LogP contribution in [0, 0.1) is 5.92 Å². The second-order valence-corrected chi connectivity index (χ2v) is 6.93. The van der Waals surface area contributed by atoms with E-state index in [0.717, 1.165) is 38.4 Å². The van der Waals surface area contributed by atoms with E-state index in [4.69, 9.17) is 4.74 Å². The van der Waals surface area contributed by atoms with Crippen LogP contribution in [-0.2, 0) is 4.74 Å². The minimum absolute atomic E-state index is 0.163. The molecule has 1 amide bonds. The van der Waals surface area contributed by atoms with Gasteiger partial charge in [-0.3, -0.25) is 0 Å². The van der Waals surface area contributed by atoms with Crippen molar-refractivity contribution in [2.24, 2.45) is 5.92 Å². The third kappa shape index (κ3) is 5.39. The third-order valence-electron chi connectivity index (χ3n) is 3.83. The third-order valence-corrected chi connectivity index (χ3v) is 3.83. The lowest BCUT2D eigenvalue weighted by Gasteiger charge is -2.33. The number of ether oxygens (including phenoxy) is 1. The van der Waals surface area contributed by atoms with Gasteiger partial charge in [-0.2, -0.15) is 0 Å². The van der Waals surface area contributed by atoms with Crippen molar-refractivity contribution in [3.05, 3.63) is 0 Å². The molecule has 0 radical (unpaired) electrons. The first kappa shape index (κ1) is 14.6. The van der Waals surface area contributed by atoms with Crippen LogP contribution in [-0.4, -0.2) is 42.3 Å². The van der Waals surface area contributed by atoms with Gasteiger partial charge in [0.05, 0.1) is 0 Å². The van der Waals surface area contributed by atoms with E-state index in [-0.39, 0.29) is 6.09 Å². The van der Waals surface area contributed by atoms with Crippen molar-refractivity contribution in [2.45, 2.75) is 64.5 Å². The van der Waals surface area contributed by atoms with Crippen LogP contribution >= 0.6 is 0 Å². The molecule has 2 rings (SSSR count). The van der Waals surface area contributed by atoms with Crippen molar-refractivity contribution >= 4 is 6.09 Å². The predicted molar refractivity (Wildman–Crippen MR) is 76.2 cm³/mol. The molecule has 2 aliphatic rings. The quantitative estimate of drug-likeness (QED) is 0.852. The SMILES string of the molecule is CC(C)(C)OC(=O)N1CCC(NCCC2CC2)CC1. The fourth-order valence-corrected chi connectivity index (χ4v) is 2.49. The molecule has 0 aromatic rings. The van der Waals surface area contributed by atoms with Gasteiger partial charge in [0.1, 0.15) is 5.60 Å². The number of nitrogens with one attached hydrogen (secondary N) is 1. The van der Waals surface area contributed by atoms with Gasteiger partial charge in [-0.05, 0) is 52.5 Å². The van der Waals surface area contributed by atoms with Crippen LogP contribution in [0.25, 0.3) is 0 Å². The highest BCUT2D eigenvalue weighted by atomic mass is 16.6. The lowest BCUT2D eigenvalue weighted by atomic mass is 10.1. The van der Waals surface area contributed by atoms with Crippen LogP contribution in [0.4, 0.5) is 4.79 Å². The molecule has 4 nitrogen and oxygen atoms in total. The molecule has 1 saturated carbocycles. The summed E-state index contributed by atoms with van der Waals surface area (Å²) in [5, 5.41) is 3.62. The average Bonchev–Trinajstić information content (AvgIpc) is 3.12. The van der Waals surface area contributed by atoms with E-state index in [9.17, 15) is 4.79 Å². The number of nitrogens with zero attached hydrogens (tertiary/aromatic N) is 1. The van der Waals surface area contributed by atoms with E-state index in [1.54, 1.807) is 0 Å². The van der Waals surface area contributed by atoms with Crippen molar-refractivity contribution in [3.63, 3.8) is 0 Å². The number of hydrogen-bond donors (Lipinski definition) is 1. The van der Waals surface area contributed by atoms with E-state index in [1.807, 2.05) is 25.7 Å². The highest BCUT2D eigenvalue weighted by Crippen LogP contribution is 2.31. The largest absolute Gasteiger partial charge is 0.444 e. The number of rotatable bonds is 4. The highest BCUT2D eigenvalue weighted by molar-refractivity contribution is 5.68. The molecule has 0 spiro atoms. The van der Waals surface area contributed by atoms with Crippen LogP contribution in [0.5, 0.6) is 0 Å². The van der Waals surface area contributed by atoms with E-state index in [0.29, 0.717) is 6.04 Å². The highest BCUT2D eigenvalue weighted by Gasteiger charge is 2.27. The molecule has 0 bridgehead atoms. The van der Waals surface area contributed by atoms with E-state index in [2.05, 4.69) is 5.32 Å². The Bertz CT molecular complexity index is 300. The Balaban J connectivity index is 1.62. The summed E-state index contributed by atoms with van der Waals surface area (Å²) >= 11 is 0. The summed E-state index contributed by atoms with van der Waals surface area (Å²) in [6, 6.07) is 0.581. The summed E-state index contributed by atoms with van der Waals surface area (Å²) in [7, 11) is 0. The van der Waals surface area contributed by atoms with Gasteiger partial charge < -0.3 is 15.0 Å². The van der Waals surface area contributed by atoms with Crippen molar-refractivity contribution in [1.82, 2.24) is 10.2 Å². The zero-order valence-corrected chi connectivity index (χ0v) is 12.6. The number of likely N-dealkylation sites (tertiary alicyclic amines) is 1. The van der Waals surface area contributed by atoms with Gasteiger partial charge in [-0.25, -0.2) is 4.79 Å². The van der Waals surface area contributed by atoms with Gasteiger partial charge in [-0.1, -0.05) is 12.8 Å². The summed E-state index contributed by atoms with van der Waals surface area (Å²) in [6.45, 7) is 8.51. The molecular formula is C15H28N2O2. The molecular weight excluding hydrogens is 240 g/mol. The van der Waals surface area contributed by atoms with Crippen molar-refractivity contribution < 1.29 is 9.53 Å². The van der Waals surface area contributed by atoms with Crippen molar-refractivity contribution in [1.29, 1.82) is 0 Å². The van der Waals surface area contributed by atoms with Crippen LogP contribution in [0.15, 0.2) is 0 Å². The summed E-state index contributed by atoms with van der Waals surface area (Å²) in [6.07, 6.45) is 6.11. The van der Waals surface area contributed by atoms with E-state index in [1.165, 1.54) is 19.3 Å². The fraction of sp³-hybridized carbons (Fsp3) is 0.933. The summed E-state index contributed by atoms with van der Waals surface area (Å²) in [5.41, 5.74) is -0.392. The molecule has 1 heterocycles. The molecule has 4 heteroatoms. The zero-order valence-electron chi connectivity index (χ0n) is 12.6. The van der Waals surface area contributed by atoms with Crippen molar-refractivity contribution in [3.8, 4) is 0 Å². The molecule has 0 atom stereocenters. The molecule has 2 fully saturated rings. The molecule has 110 valence electrons. The Labute approximate surface area is 116 Å². The smallest absolute Gasteiger partial charge is 0.410 e. The number of carbonyl (C=O) groups excluding carboxylic acids is 1. The second kappa shape index (κ2) is 6.12. The number of carbonyl (C=O) groups is 1. The zero-order chi connectivity index (χ0) is 13.9. The monoisotopic (exact) mass is 268 g/mol. The lowest BCUT2D eigenvalue weighted by Crippen LogP contribution is -2.46. The molecule has 0 aromatic heterocycles. The fourth-order valence-electron chi connectivity index (χ4n) is 2.49. The van der Waals surface area contributed by atoms with Gasteiger partial charge in [0.15, 0.2) is 0 Å². The number of hydrogen-bond acceptors (Lipinski definition) is 3. The molecule has 0 unspecified atom stereocenters. The van der Waals surface area contributed by atoms with E-state index < -0.39 is 5.60 Å². The van der Waals surface area contributed by atoms with Gasteiger partial charge in [-0.15, -0.1) is 0 Å². The Morgan fingerprint density at radius 3 is 2.37 bits per heavy atom. The minimum Gasteiger partial charge on any atom is -0.444 e. The molecule has 1 saturated heterocycles. The Morgan fingerprint density at radius 2 is 1.84 bits per heavy atom. The topological polar surface area (TPSA) is 41.6 Å². The summed E-state index contributed by atoms with van der Waals surface area (Å²) in [4.78, 5) is 13.8. The van der Waals surface area contributed by atoms with Gasteiger partial charge >= 0.3 is 6.09 Å². The first-order chi connectivity index (χ1) is 8.94. The molecule has 1 N–H and O–H groups in total. The molecule has 19 heavy (non-hydrogen) atoms. The van der Waals surface area contributed by atoms with Crippen LogP contribution < -0.4 is 5.32 Å². The first-order valence-electron chi connectivity index (χ1n) is 7.65. The Hall–Kier alpha value is -0.770. The minimum atomic E-state index is -0.392. The maximum Gasteiger partial charge on any atom is 0.410 e. The normalized spacial score (nSPS) is 21.5. The summed E-state index contributed by atoms with van der Waals surface area (Å²) < 4.78 is 5.40. The number of amides is 1. The summed E-state index contributed by atoms with van der Waals surface area (Å²) in [5.74, 6) is 0.995. The van der Waals surface area contributed by atoms with Crippen LogP contribution in [0.3, 0.4) is 0 Å². The van der Waals surface area contributed by atoms with E-state index >= 15 is 0 Å². The van der Waals surface area contributed by atoms with Gasteiger partial charge in [0.2, 0.25) is 0 Å². The molecule has 1 aliphatic carbocycles. The molecule has 0 aromatic carbocycles. The Morgan fingerprint density at radius 1 is 1.21 bits per heavy atom. The van der Waals surface area contributed by atoms with Gasteiger partial charge in [0.25, 0.3) is 0 Å². The lowest BCUT2D eigenvalue weighted by molar-refractivity contribution is 0.0198. The van der Waals surface area contributed by atoms with Crippen LogP contribution in [0.1, 0.15) is 52.9 Å². The first-order valence-corrected chi connectivity index (χ1v) is 7.65. The standard InChI is InChI=1S/C15H28N2O2/c1-15(2,3)19-14(18)17-10-7-13(8-11-17)16-9-6-12-4-5-12/h12-13,16H,4-11H2,1-3H3. The molecule has 1 aliphatic heterocycles. The maximum absolute atomic E-state index is 11.9. The second-order valence-electron chi connectivity index (χ2n) is 6.93. The van der Waals surface area contributed by atoms with Gasteiger partial charge in [0, 0.05) is 19.1 Å². The van der Waals surface area contributed by atoms with Crippen molar-refractivity contribution in [2.75, 3.05) is 19.6 Å².